The predicted molar refractivity (Wildman–Crippen MR) is 105 cm³/mol. The van der Waals surface area contributed by atoms with Gasteiger partial charge in [0.1, 0.15) is 10.6 Å². The molecule has 0 unspecified atom stereocenters. The molecule has 0 aliphatic heterocycles. The molecular weight excluding hydrogens is 378 g/mol. The Morgan fingerprint density at radius 2 is 1.93 bits per heavy atom. The highest BCUT2D eigenvalue weighted by molar-refractivity contribution is 7.18. The van der Waals surface area contributed by atoms with Gasteiger partial charge >= 0.3 is 5.97 Å². The molecule has 28 heavy (non-hydrogen) atoms. The van der Waals surface area contributed by atoms with E-state index in [1.807, 2.05) is 19.9 Å². The fraction of sp³-hybridized carbons (Fsp3) is 0.300. The van der Waals surface area contributed by atoms with Crippen LogP contribution in [-0.2, 0) is 9.53 Å². The van der Waals surface area contributed by atoms with E-state index in [-0.39, 0.29) is 11.4 Å². The summed E-state index contributed by atoms with van der Waals surface area (Å²) in [7, 11) is 0. The molecule has 1 N–H and O–H groups in total. The summed E-state index contributed by atoms with van der Waals surface area (Å²) in [5.74, 6) is 0.157. The minimum Gasteiger partial charge on any atom is -0.479 e. The molecule has 0 amide bonds. The molecule has 2 aromatic heterocycles. The maximum absolute atomic E-state index is 12.4. The largest absolute Gasteiger partial charge is 0.479 e. The normalized spacial score (nSPS) is 13.0. The zero-order valence-electron chi connectivity index (χ0n) is 15.9. The number of carbonyl (C=O) groups excluding carboxylic acids is 1. The molecule has 2 atom stereocenters. The lowest BCUT2D eigenvalue weighted by Gasteiger charge is -2.17. The van der Waals surface area contributed by atoms with Crippen molar-refractivity contribution in [2.45, 2.75) is 39.9 Å². The molecule has 144 valence electrons. The molecule has 3 aromatic rings. The maximum atomic E-state index is 12.4. The number of H-pyrrole nitrogens is 1. The highest BCUT2D eigenvalue weighted by Gasteiger charge is 2.22. The number of hydrogen-bond donors (Lipinski definition) is 1. The van der Waals surface area contributed by atoms with Crippen LogP contribution in [0.1, 0.15) is 41.8 Å². The number of fused-ring (bicyclic) bond motifs is 1. The van der Waals surface area contributed by atoms with Gasteiger partial charge in [0, 0.05) is 4.88 Å². The van der Waals surface area contributed by atoms with Crippen LogP contribution in [0.25, 0.3) is 10.2 Å². The fourth-order valence-corrected chi connectivity index (χ4v) is 3.69. The number of nitriles is 1. The molecule has 3 rings (SSSR count). The summed E-state index contributed by atoms with van der Waals surface area (Å²) in [6.07, 6.45) is -1.60. The molecule has 0 bridgehead atoms. The third-order valence-corrected chi connectivity index (χ3v) is 5.46. The van der Waals surface area contributed by atoms with Crippen LogP contribution < -0.4 is 10.3 Å². The zero-order valence-corrected chi connectivity index (χ0v) is 16.7. The van der Waals surface area contributed by atoms with Gasteiger partial charge in [0.05, 0.1) is 17.0 Å². The first-order valence-electron chi connectivity index (χ1n) is 8.67. The van der Waals surface area contributed by atoms with Crippen molar-refractivity contribution in [3.63, 3.8) is 0 Å². The first-order valence-corrected chi connectivity index (χ1v) is 9.49. The molecule has 0 spiro atoms. The SMILES string of the molecule is Cc1sc2nc([C@@H](C)OC(=O)[C@@H](C)Oc3ccc(C#N)cc3)[nH]c(=O)c2c1C. The number of thiophene rings is 1. The fourth-order valence-electron chi connectivity index (χ4n) is 2.65. The van der Waals surface area contributed by atoms with Gasteiger partial charge in [-0.05, 0) is 57.5 Å². The van der Waals surface area contributed by atoms with E-state index >= 15 is 0 Å². The van der Waals surface area contributed by atoms with Gasteiger partial charge < -0.3 is 14.5 Å². The lowest BCUT2D eigenvalue weighted by Crippen LogP contribution is -2.28. The summed E-state index contributed by atoms with van der Waals surface area (Å²) in [6.45, 7) is 7.03. The van der Waals surface area contributed by atoms with Crippen LogP contribution in [0.15, 0.2) is 29.1 Å². The molecule has 0 radical (unpaired) electrons. The van der Waals surface area contributed by atoms with E-state index in [2.05, 4.69) is 9.97 Å². The van der Waals surface area contributed by atoms with Gasteiger partial charge in [0.15, 0.2) is 18.0 Å². The van der Waals surface area contributed by atoms with E-state index in [1.54, 1.807) is 38.1 Å². The highest BCUT2D eigenvalue weighted by Crippen LogP contribution is 2.27. The van der Waals surface area contributed by atoms with Crippen LogP contribution in [0.2, 0.25) is 0 Å². The number of nitrogens with one attached hydrogen (secondary N) is 1. The zero-order chi connectivity index (χ0) is 20.4. The smallest absolute Gasteiger partial charge is 0.347 e. The van der Waals surface area contributed by atoms with Crippen molar-refractivity contribution in [1.29, 1.82) is 5.26 Å². The van der Waals surface area contributed by atoms with Crippen molar-refractivity contribution in [3.8, 4) is 11.8 Å². The van der Waals surface area contributed by atoms with Gasteiger partial charge in [-0.1, -0.05) is 0 Å². The lowest BCUT2D eigenvalue weighted by molar-refractivity contribution is -0.156. The molecule has 8 heteroatoms. The molecule has 2 heterocycles. The number of nitrogens with zero attached hydrogens (tertiary/aromatic N) is 2. The van der Waals surface area contributed by atoms with E-state index in [0.29, 0.717) is 21.5 Å². The lowest BCUT2D eigenvalue weighted by atomic mass is 10.2. The molecule has 0 fully saturated rings. The average Bonchev–Trinajstić information content (AvgIpc) is 2.96. The Hall–Kier alpha value is -3.18. The standard InChI is InChI=1S/C20H19N3O4S/c1-10-13(4)28-19-16(10)18(24)22-17(23-19)11(2)27-20(25)12(3)26-15-7-5-14(9-21)6-8-15/h5-8,11-12H,1-4H3,(H,22,23,24)/t11-,12-/m1/s1. The van der Waals surface area contributed by atoms with Crippen LogP contribution in [0.4, 0.5) is 0 Å². The van der Waals surface area contributed by atoms with Gasteiger partial charge in [-0.15, -0.1) is 11.3 Å². The third kappa shape index (κ3) is 3.89. The van der Waals surface area contributed by atoms with E-state index < -0.39 is 18.2 Å². The van der Waals surface area contributed by atoms with E-state index in [0.717, 1.165) is 10.4 Å². The number of aryl methyl sites for hydroxylation is 2. The minimum absolute atomic E-state index is 0.244. The monoisotopic (exact) mass is 397 g/mol. The summed E-state index contributed by atoms with van der Waals surface area (Å²) < 4.78 is 11.0. The average molecular weight is 397 g/mol. The summed E-state index contributed by atoms with van der Waals surface area (Å²) >= 11 is 1.44. The molecule has 0 aliphatic carbocycles. The van der Waals surface area contributed by atoms with Gasteiger partial charge in [-0.2, -0.15) is 5.26 Å². The highest BCUT2D eigenvalue weighted by atomic mass is 32.1. The van der Waals surface area contributed by atoms with E-state index in [4.69, 9.17) is 14.7 Å². The Kier molecular flexibility index (Phi) is 5.47. The Balaban J connectivity index is 1.72. The Bertz CT molecular complexity index is 1130. The van der Waals surface area contributed by atoms with Crippen molar-refractivity contribution in [3.05, 3.63) is 56.4 Å². The van der Waals surface area contributed by atoms with Crippen molar-refractivity contribution in [2.24, 2.45) is 0 Å². The van der Waals surface area contributed by atoms with Crippen LogP contribution in [0.3, 0.4) is 0 Å². The Morgan fingerprint density at radius 3 is 2.57 bits per heavy atom. The first-order chi connectivity index (χ1) is 13.3. The third-order valence-electron chi connectivity index (χ3n) is 4.36. The van der Waals surface area contributed by atoms with Gasteiger partial charge in [0.2, 0.25) is 0 Å². The number of ether oxygens (including phenoxy) is 2. The second kappa shape index (κ2) is 7.82. The van der Waals surface area contributed by atoms with Crippen LogP contribution >= 0.6 is 11.3 Å². The summed E-state index contributed by atoms with van der Waals surface area (Å²) in [6, 6.07) is 8.44. The first kappa shape index (κ1) is 19.6. The van der Waals surface area contributed by atoms with Gasteiger partial charge in [0.25, 0.3) is 5.56 Å². The number of rotatable bonds is 5. The van der Waals surface area contributed by atoms with Gasteiger partial charge in [-0.25, -0.2) is 9.78 Å². The number of aromatic amines is 1. The van der Waals surface area contributed by atoms with E-state index in [9.17, 15) is 9.59 Å². The van der Waals surface area contributed by atoms with Crippen molar-refractivity contribution in [1.82, 2.24) is 9.97 Å². The van der Waals surface area contributed by atoms with Crippen LogP contribution in [-0.4, -0.2) is 22.0 Å². The van der Waals surface area contributed by atoms with E-state index in [1.165, 1.54) is 11.3 Å². The van der Waals surface area contributed by atoms with Gasteiger partial charge in [-0.3, -0.25) is 4.79 Å². The molecule has 0 saturated heterocycles. The molecular formula is C20H19N3O4S. The summed E-state index contributed by atoms with van der Waals surface area (Å²) in [4.78, 5) is 33.5. The maximum Gasteiger partial charge on any atom is 0.347 e. The van der Waals surface area contributed by atoms with Crippen molar-refractivity contribution in [2.75, 3.05) is 0 Å². The molecule has 1 aromatic carbocycles. The van der Waals surface area contributed by atoms with Crippen LogP contribution in [0.5, 0.6) is 5.75 Å². The molecule has 7 nitrogen and oxygen atoms in total. The predicted octanol–water partition coefficient (Wildman–Crippen LogP) is 3.54. The topological polar surface area (TPSA) is 105 Å². The second-order valence-electron chi connectivity index (χ2n) is 6.39. The summed E-state index contributed by atoms with van der Waals surface area (Å²) in [5.41, 5.74) is 1.17. The van der Waals surface area contributed by atoms with Crippen LogP contribution in [0, 0.1) is 25.2 Å². The number of hydrogen-bond acceptors (Lipinski definition) is 7. The number of esters is 1. The Labute approximate surface area is 165 Å². The van der Waals surface area contributed by atoms with Crippen molar-refractivity contribution >= 4 is 27.5 Å². The number of benzene rings is 1. The molecule has 0 saturated carbocycles. The Morgan fingerprint density at radius 1 is 1.25 bits per heavy atom. The number of carbonyl (C=O) groups is 1. The molecule has 0 aliphatic rings. The van der Waals surface area contributed by atoms with Crippen molar-refractivity contribution < 1.29 is 14.3 Å². The second-order valence-corrected chi connectivity index (χ2v) is 7.59. The summed E-state index contributed by atoms with van der Waals surface area (Å²) in [5, 5.41) is 9.38. The minimum atomic E-state index is -0.864. The quantitative estimate of drug-likeness (QED) is 0.660. The number of aromatic nitrogens is 2.